The van der Waals surface area contributed by atoms with E-state index in [0.29, 0.717) is 36.3 Å². The second kappa shape index (κ2) is 5.93. The summed E-state index contributed by atoms with van der Waals surface area (Å²) in [6.45, 7) is 8.14. The molecule has 1 saturated heterocycles. The number of carbonyl (C=O) groups excluding carboxylic acids is 2. The van der Waals surface area contributed by atoms with Crippen LogP contribution in [-0.4, -0.2) is 40.1 Å². The molecule has 7 rings (SSSR count). The van der Waals surface area contributed by atoms with Gasteiger partial charge in [0.25, 0.3) is 0 Å². The first kappa shape index (κ1) is 19.8. The van der Waals surface area contributed by atoms with Crippen LogP contribution in [0.15, 0.2) is 35.4 Å². The lowest BCUT2D eigenvalue weighted by molar-refractivity contribution is -0.165. The molecular formula is C26H26O6. The summed E-state index contributed by atoms with van der Waals surface area (Å²) >= 11 is 0. The Labute approximate surface area is 186 Å². The maximum absolute atomic E-state index is 13.8. The predicted octanol–water partition coefficient (Wildman–Crippen LogP) is 4.16. The van der Waals surface area contributed by atoms with Crippen LogP contribution < -0.4 is 9.47 Å². The van der Waals surface area contributed by atoms with E-state index in [-0.39, 0.29) is 40.5 Å². The van der Waals surface area contributed by atoms with Gasteiger partial charge in [0, 0.05) is 29.9 Å². The third-order valence-corrected chi connectivity index (χ3v) is 7.56. The van der Waals surface area contributed by atoms with Crippen molar-refractivity contribution in [3.63, 3.8) is 0 Å². The van der Waals surface area contributed by atoms with Gasteiger partial charge in [0.2, 0.25) is 0 Å². The normalized spacial score (nSPS) is 34.7. The molecule has 3 heterocycles. The molecule has 1 saturated carbocycles. The Kier molecular flexibility index (Phi) is 3.67. The quantitative estimate of drug-likeness (QED) is 0.704. The largest absolute Gasteiger partial charge is 0.507 e. The van der Waals surface area contributed by atoms with Crippen molar-refractivity contribution < 1.29 is 28.9 Å². The molecule has 0 amide bonds. The van der Waals surface area contributed by atoms with Crippen LogP contribution in [0.3, 0.4) is 0 Å². The van der Waals surface area contributed by atoms with Crippen LogP contribution in [0.5, 0.6) is 17.2 Å². The van der Waals surface area contributed by atoms with Gasteiger partial charge < -0.3 is 19.3 Å². The van der Waals surface area contributed by atoms with E-state index in [4.69, 9.17) is 14.2 Å². The third-order valence-electron chi connectivity index (χ3n) is 7.56. The predicted molar refractivity (Wildman–Crippen MR) is 117 cm³/mol. The number of phenols is 1. The fourth-order valence-corrected chi connectivity index (χ4v) is 6.13. The summed E-state index contributed by atoms with van der Waals surface area (Å²) in [6.07, 6.45) is 8.46. The summed E-state index contributed by atoms with van der Waals surface area (Å²) < 4.78 is 19.1. The number of carbonyl (C=O) groups is 2. The highest BCUT2D eigenvalue weighted by Crippen LogP contribution is 2.64. The molecule has 1 spiro atoms. The lowest BCUT2D eigenvalue weighted by atomic mass is 9.53. The van der Waals surface area contributed by atoms with Crippen LogP contribution in [0.25, 0.3) is 6.08 Å². The Bertz CT molecular complexity index is 1200. The zero-order chi connectivity index (χ0) is 22.6. The van der Waals surface area contributed by atoms with E-state index in [1.165, 1.54) is 6.07 Å². The maximum atomic E-state index is 13.8. The van der Waals surface area contributed by atoms with Gasteiger partial charge in [-0.05, 0) is 46.3 Å². The number of aromatic hydroxyl groups is 1. The van der Waals surface area contributed by atoms with Crippen LogP contribution in [0.1, 0.15) is 56.5 Å². The summed E-state index contributed by atoms with van der Waals surface area (Å²) in [4.78, 5) is 27.4. The van der Waals surface area contributed by atoms with E-state index >= 15 is 0 Å². The Morgan fingerprint density at radius 3 is 2.78 bits per heavy atom. The van der Waals surface area contributed by atoms with Gasteiger partial charge in [-0.25, -0.2) is 0 Å². The van der Waals surface area contributed by atoms with E-state index in [1.807, 2.05) is 45.9 Å². The maximum Gasteiger partial charge on any atom is 0.200 e. The third kappa shape index (κ3) is 2.18. The number of phenolic OH excluding ortho intramolecular Hbond substituents is 1. The van der Waals surface area contributed by atoms with Crippen molar-refractivity contribution in [2.45, 2.75) is 57.3 Å². The Morgan fingerprint density at radius 1 is 1.25 bits per heavy atom. The van der Waals surface area contributed by atoms with Crippen LogP contribution in [0, 0.1) is 11.8 Å². The molecule has 2 fully saturated rings. The van der Waals surface area contributed by atoms with Crippen molar-refractivity contribution in [3.05, 3.63) is 46.6 Å². The van der Waals surface area contributed by atoms with Crippen LogP contribution in [0.4, 0.5) is 0 Å². The molecule has 4 bridgehead atoms. The fraction of sp³-hybridized carbons (Fsp3) is 0.462. The summed E-state index contributed by atoms with van der Waals surface area (Å²) in [5.41, 5.74) is -0.744. The molecule has 1 N–H and O–H groups in total. The molecule has 3 aliphatic carbocycles. The molecule has 6 aliphatic rings. The minimum absolute atomic E-state index is 0.0225. The molecule has 4 atom stereocenters. The molecular weight excluding hydrogens is 408 g/mol. The zero-order valence-corrected chi connectivity index (χ0v) is 18.7. The van der Waals surface area contributed by atoms with Crippen LogP contribution in [-0.2, 0) is 9.53 Å². The molecule has 6 nitrogen and oxygen atoms in total. The number of ether oxygens (including phenoxy) is 3. The van der Waals surface area contributed by atoms with E-state index in [1.54, 1.807) is 6.08 Å². The van der Waals surface area contributed by atoms with E-state index in [9.17, 15) is 14.7 Å². The zero-order valence-electron chi connectivity index (χ0n) is 18.7. The van der Waals surface area contributed by atoms with E-state index < -0.39 is 16.8 Å². The number of rotatable bonds is 2. The van der Waals surface area contributed by atoms with Crippen molar-refractivity contribution in [1.29, 1.82) is 0 Å². The number of benzene rings is 1. The first-order valence-corrected chi connectivity index (χ1v) is 11.2. The average molecular weight is 434 g/mol. The van der Waals surface area contributed by atoms with E-state index in [0.717, 1.165) is 5.57 Å². The smallest absolute Gasteiger partial charge is 0.200 e. The number of allylic oxidation sites excluding steroid dienone is 2. The molecule has 0 aromatic heterocycles. The van der Waals surface area contributed by atoms with Gasteiger partial charge in [0.1, 0.15) is 28.4 Å². The van der Waals surface area contributed by atoms with Gasteiger partial charge >= 0.3 is 0 Å². The highest BCUT2D eigenvalue weighted by atomic mass is 16.6. The standard InChI is InChI=1S/C26H26O6/c1-13(2)5-8-25-23(29)14-9-15(12-30-25)26(25)17(10-14)21(28)20-18(27)11-19-16(22(20)32-26)6-7-24(3,4)31-19/h5-7,10-11,14-15,27H,8-9,12H2,1-4H3/t14-,15-,25-,26-/m0/s1. The summed E-state index contributed by atoms with van der Waals surface area (Å²) in [7, 11) is 0. The first-order valence-electron chi connectivity index (χ1n) is 11.2. The van der Waals surface area contributed by atoms with Crippen molar-refractivity contribution in [1.82, 2.24) is 0 Å². The Balaban J connectivity index is 1.61. The summed E-state index contributed by atoms with van der Waals surface area (Å²) in [6, 6.07) is 1.48. The molecule has 1 aromatic rings. The average Bonchev–Trinajstić information content (AvgIpc) is 2.97. The fourth-order valence-electron chi connectivity index (χ4n) is 6.13. The van der Waals surface area contributed by atoms with Crippen molar-refractivity contribution >= 4 is 17.6 Å². The minimum Gasteiger partial charge on any atom is -0.507 e. The molecule has 0 unspecified atom stereocenters. The molecule has 1 aromatic carbocycles. The second-order valence-electron chi connectivity index (χ2n) is 10.3. The number of hydrogen-bond acceptors (Lipinski definition) is 6. The highest BCUT2D eigenvalue weighted by Gasteiger charge is 2.77. The van der Waals surface area contributed by atoms with Crippen molar-refractivity contribution in [2.24, 2.45) is 11.8 Å². The summed E-state index contributed by atoms with van der Waals surface area (Å²) in [5, 5.41) is 10.8. The van der Waals surface area contributed by atoms with Gasteiger partial charge in [-0.15, -0.1) is 0 Å². The van der Waals surface area contributed by atoms with Crippen LogP contribution >= 0.6 is 0 Å². The molecule has 6 heteroatoms. The SMILES string of the molecule is CC(C)=CC[C@@]12OC[C@@H]3C[C@@H](C=C4C(=O)c5c(O)cc6c(c5O[C@]431)C=CC(C)(C)O6)C2=O. The van der Waals surface area contributed by atoms with Gasteiger partial charge in [-0.1, -0.05) is 17.7 Å². The number of hydrogen-bond donors (Lipinski definition) is 1. The number of Topliss-reactive ketones (excluding diaryl/α,β-unsaturated/α-hetero) is 2. The molecule has 32 heavy (non-hydrogen) atoms. The summed E-state index contributed by atoms with van der Waals surface area (Å²) in [5.74, 6) is -0.250. The lowest BCUT2D eigenvalue weighted by Gasteiger charge is -2.56. The topological polar surface area (TPSA) is 82.1 Å². The van der Waals surface area contributed by atoms with Crippen molar-refractivity contribution in [3.8, 4) is 17.2 Å². The van der Waals surface area contributed by atoms with Gasteiger partial charge in [-0.3, -0.25) is 9.59 Å². The van der Waals surface area contributed by atoms with Crippen molar-refractivity contribution in [2.75, 3.05) is 6.61 Å². The number of ketones is 2. The first-order chi connectivity index (χ1) is 15.1. The van der Waals surface area contributed by atoms with Gasteiger partial charge in [-0.2, -0.15) is 0 Å². The monoisotopic (exact) mass is 434 g/mol. The van der Waals surface area contributed by atoms with Crippen LogP contribution in [0.2, 0.25) is 0 Å². The molecule has 166 valence electrons. The lowest BCUT2D eigenvalue weighted by Crippen LogP contribution is -2.71. The highest BCUT2D eigenvalue weighted by molar-refractivity contribution is 6.18. The van der Waals surface area contributed by atoms with Gasteiger partial charge in [0.15, 0.2) is 22.8 Å². The molecule has 0 radical (unpaired) electrons. The minimum atomic E-state index is -1.24. The van der Waals surface area contributed by atoms with Gasteiger partial charge in [0.05, 0.1) is 12.2 Å². The Morgan fingerprint density at radius 2 is 2.03 bits per heavy atom. The second-order valence-corrected chi connectivity index (χ2v) is 10.3. The number of fused-ring (bicyclic) bond motifs is 3. The van der Waals surface area contributed by atoms with E-state index in [2.05, 4.69) is 0 Å². The molecule has 3 aliphatic heterocycles. The Hall–Kier alpha value is -2.86.